The van der Waals surface area contributed by atoms with Crippen molar-refractivity contribution in [3.63, 3.8) is 0 Å². The molecule has 3 nitrogen and oxygen atoms in total. The third kappa shape index (κ3) is 1.62. The molecule has 0 aromatic heterocycles. The minimum atomic E-state index is -0.711. The topological polar surface area (TPSA) is 49.3 Å². The average Bonchev–Trinajstić information content (AvgIpc) is 2.53. The van der Waals surface area contributed by atoms with Crippen molar-refractivity contribution < 1.29 is 9.90 Å². The van der Waals surface area contributed by atoms with E-state index in [0.29, 0.717) is 17.9 Å². The molecule has 17 heavy (non-hydrogen) atoms. The third-order valence-corrected chi connectivity index (χ3v) is 5.51. The highest BCUT2D eigenvalue weighted by Crippen LogP contribution is 2.49. The van der Waals surface area contributed by atoms with E-state index < -0.39 is 5.60 Å². The Bertz CT molecular complexity index is 330. The number of carbonyl (C=O) groups excluding carboxylic acids is 1. The molecule has 5 unspecified atom stereocenters. The van der Waals surface area contributed by atoms with Gasteiger partial charge in [-0.1, -0.05) is 26.2 Å². The number of hydrogen-bond donors (Lipinski definition) is 2. The van der Waals surface area contributed by atoms with Gasteiger partial charge >= 0.3 is 0 Å². The Labute approximate surface area is 103 Å². The van der Waals surface area contributed by atoms with Gasteiger partial charge in [0.05, 0.1) is 11.5 Å². The van der Waals surface area contributed by atoms with Gasteiger partial charge in [-0.3, -0.25) is 4.79 Å². The minimum absolute atomic E-state index is 0.117. The Hall–Kier alpha value is -0.570. The van der Waals surface area contributed by atoms with Gasteiger partial charge in [-0.25, -0.2) is 0 Å². The van der Waals surface area contributed by atoms with Crippen LogP contribution in [0.2, 0.25) is 0 Å². The molecule has 3 rings (SSSR count). The van der Waals surface area contributed by atoms with E-state index in [4.69, 9.17) is 0 Å². The Morgan fingerprint density at radius 3 is 2.88 bits per heavy atom. The summed E-state index contributed by atoms with van der Waals surface area (Å²) in [6, 6.07) is 0.296. The molecule has 3 heteroatoms. The van der Waals surface area contributed by atoms with Crippen LogP contribution in [0.3, 0.4) is 0 Å². The van der Waals surface area contributed by atoms with Crippen molar-refractivity contribution in [3.05, 3.63) is 0 Å². The lowest BCUT2D eigenvalue weighted by Crippen LogP contribution is -2.51. The quantitative estimate of drug-likeness (QED) is 0.675. The third-order valence-electron chi connectivity index (χ3n) is 5.51. The van der Waals surface area contributed by atoms with Crippen molar-refractivity contribution in [3.8, 4) is 0 Å². The van der Waals surface area contributed by atoms with Crippen LogP contribution in [0.15, 0.2) is 0 Å². The fourth-order valence-electron chi connectivity index (χ4n) is 4.54. The second-order valence-electron chi connectivity index (χ2n) is 6.30. The van der Waals surface area contributed by atoms with Gasteiger partial charge in [0, 0.05) is 6.04 Å². The summed E-state index contributed by atoms with van der Waals surface area (Å²) in [4.78, 5) is 12.2. The SMILES string of the molecule is CC1C2CCCC(C(=O)N2)C2(O)CCCCC12. The van der Waals surface area contributed by atoms with Crippen LogP contribution < -0.4 is 5.32 Å². The summed E-state index contributed by atoms with van der Waals surface area (Å²) in [5.41, 5.74) is -0.711. The first kappa shape index (κ1) is 11.5. The molecule has 0 spiro atoms. The van der Waals surface area contributed by atoms with Gasteiger partial charge in [0.1, 0.15) is 0 Å². The number of amides is 1. The normalized spacial score (nSPS) is 50.1. The van der Waals surface area contributed by atoms with Gasteiger partial charge in [0.2, 0.25) is 5.91 Å². The molecule has 2 aliphatic heterocycles. The summed E-state index contributed by atoms with van der Waals surface area (Å²) in [6.45, 7) is 2.22. The smallest absolute Gasteiger partial charge is 0.226 e. The van der Waals surface area contributed by atoms with Crippen molar-refractivity contribution in [1.82, 2.24) is 5.32 Å². The molecule has 2 heterocycles. The molecule has 3 fully saturated rings. The van der Waals surface area contributed by atoms with Gasteiger partial charge in [0.15, 0.2) is 0 Å². The zero-order chi connectivity index (χ0) is 12.0. The van der Waals surface area contributed by atoms with E-state index in [0.717, 1.165) is 38.5 Å². The molecule has 1 amide bonds. The number of rotatable bonds is 0. The van der Waals surface area contributed by atoms with Crippen LogP contribution in [0, 0.1) is 17.8 Å². The van der Waals surface area contributed by atoms with Crippen molar-refractivity contribution >= 4 is 5.91 Å². The number of fused-ring (bicyclic) bond motifs is 5. The largest absolute Gasteiger partial charge is 0.389 e. The molecule has 3 aliphatic rings. The molecule has 5 atom stereocenters. The Morgan fingerprint density at radius 2 is 2.06 bits per heavy atom. The number of carbonyl (C=O) groups is 1. The Kier molecular flexibility index (Phi) is 2.69. The van der Waals surface area contributed by atoms with Crippen molar-refractivity contribution in [2.45, 2.75) is 63.5 Å². The predicted octanol–water partition coefficient (Wildman–Crippen LogP) is 1.84. The van der Waals surface area contributed by atoms with Crippen molar-refractivity contribution in [2.24, 2.45) is 17.8 Å². The molecule has 0 aromatic rings. The first-order valence-electron chi connectivity index (χ1n) is 7.15. The second-order valence-corrected chi connectivity index (χ2v) is 6.30. The summed E-state index contributed by atoms with van der Waals surface area (Å²) in [5.74, 6) is 0.717. The lowest BCUT2D eigenvalue weighted by atomic mass is 9.61. The first-order chi connectivity index (χ1) is 8.13. The molecule has 2 saturated heterocycles. The second kappa shape index (κ2) is 3.98. The van der Waals surface area contributed by atoms with E-state index in [1.165, 1.54) is 6.42 Å². The van der Waals surface area contributed by atoms with Gasteiger partial charge in [-0.05, 0) is 37.5 Å². The van der Waals surface area contributed by atoms with Crippen LogP contribution in [0.5, 0.6) is 0 Å². The highest BCUT2D eigenvalue weighted by molar-refractivity contribution is 5.81. The van der Waals surface area contributed by atoms with Crippen LogP contribution in [0.25, 0.3) is 0 Å². The Balaban J connectivity index is 2.03. The molecular formula is C14H23NO2. The molecule has 96 valence electrons. The lowest BCUT2D eigenvalue weighted by Gasteiger charge is -2.46. The summed E-state index contributed by atoms with van der Waals surface area (Å²) in [6.07, 6.45) is 7.26. The molecule has 2 N–H and O–H groups in total. The first-order valence-corrected chi connectivity index (χ1v) is 7.15. The van der Waals surface area contributed by atoms with Gasteiger partial charge in [-0.2, -0.15) is 0 Å². The fourth-order valence-corrected chi connectivity index (χ4v) is 4.54. The predicted molar refractivity (Wildman–Crippen MR) is 65.3 cm³/mol. The van der Waals surface area contributed by atoms with E-state index >= 15 is 0 Å². The highest BCUT2D eigenvalue weighted by Gasteiger charge is 2.54. The van der Waals surface area contributed by atoms with Gasteiger partial charge in [0.25, 0.3) is 0 Å². The van der Waals surface area contributed by atoms with Crippen molar-refractivity contribution in [1.29, 1.82) is 0 Å². The summed E-state index contributed by atoms with van der Waals surface area (Å²) < 4.78 is 0. The van der Waals surface area contributed by atoms with Crippen LogP contribution in [-0.2, 0) is 4.79 Å². The zero-order valence-corrected chi connectivity index (χ0v) is 10.6. The number of nitrogens with one attached hydrogen (secondary N) is 1. The van der Waals surface area contributed by atoms with E-state index in [9.17, 15) is 9.90 Å². The van der Waals surface area contributed by atoms with Crippen LogP contribution in [0.4, 0.5) is 0 Å². The maximum atomic E-state index is 12.2. The van der Waals surface area contributed by atoms with Crippen LogP contribution >= 0.6 is 0 Å². The van der Waals surface area contributed by atoms with Gasteiger partial charge < -0.3 is 10.4 Å². The summed E-state index contributed by atoms with van der Waals surface area (Å²) >= 11 is 0. The van der Waals surface area contributed by atoms with E-state index in [-0.39, 0.29) is 11.8 Å². The molecular weight excluding hydrogens is 214 g/mol. The molecule has 2 bridgehead atoms. The molecule has 1 aliphatic carbocycles. The van der Waals surface area contributed by atoms with Crippen LogP contribution in [0.1, 0.15) is 51.9 Å². The van der Waals surface area contributed by atoms with E-state index in [1.54, 1.807) is 0 Å². The number of hydrogen-bond acceptors (Lipinski definition) is 2. The van der Waals surface area contributed by atoms with Crippen LogP contribution in [-0.4, -0.2) is 22.7 Å². The van der Waals surface area contributed by atoms with E-state index in [1.807, 2.05) is 0 Å². The summed E-state index contributed by atoms with van der Waals surface area (Å²) in [5, 5.41) is 14.2. The van der Waals surface area contributed by atoms with Crippen molar-refractivity contribution in [2.75, 3.05) is 0 Å². The zero-order valence-electron chi connectivity index (χ0n) is 10.6. The van der Waals surface area contributed by atoms with E-state index in [2.05, 4.69) is 12.2 Å². The monoisotopic (exact) mass is 237 g/mol. The fraction of sp³-hybridized carbons (Fsp3) is 0.929. The lowest BCUT2D eigenvalue weighted by molar-refractivity contribution is -0.144. The highest BCUT2D eigenvalue weighted by atomic mass is 16.3. The van der Waals surface area contributed by atoms with Gasteiger partial charge in [-0.15, -0.1) is 0 Å². The maximum absolute atomic E-state index is 12.2. The summed E-state index contributed by atoms with van der Waals surface area (Å²) in [7, 11) is 0. The molecule has 0 aromatic carbocycles. The molecule has 0 radical (unpaired) electrons. The standard InChI is InChI=1S/C14H23NO2/c1-9-10-5-2-3-8-14(10,17)11-6-4-7-12(9)15-13(11)16/h9-12,17H,2-8H2,1H3,(H,15,16). The average molecular weight is 237 g/mol. The maximum Gasteiger partial charge on any atom is 0.226 e. The Morgan fingerprint density at radius 1 is 1.24 bits per heavy atom. The molecule has 1 saturated carbocycles. The minimum Gasteiger partial charge on any atom is -0.389 e. The number of aliphatic hydroxyl groups is 1.